The van der Waals surface area contributed by atoms with Crippen molar-refractivity contribution in [1.29, 1.82) is 5.26 Å². The maximum absolute atomic E-state index is 9.27. The van der Waals surface area contributed by atoms with E-state index in [1.807, 2.05) is 13.8 Å². The normalized spacial score (nSPS) is 16.1. The third-order valence-corrected chi connectivity index (χ3v) is 3.33. The van der Waals surface area contributed by atoms with E-state index in [1.165, 1.54) is 0 Å². The second kappa shape index (κ2) is 10.2. The molecule has 0 bridgehead atoms. The van der Waals surface area contributed by atoms with Crippen LogP contribution in [-0.2, 0) is 9.47 Å². The van der Waals surface area contributed by atoms with Crippen molar-refractivity contribution in [2.75, 3.05) is 47.1 Å². The molecule has 0 heterocycles. The molecule has 19 heavy (non-hydrogen) atoms. The van der Waals surface area contributed by atoms with Crippen LogP contribution in [0.2, 0.25) is 0 Å². The fourth-order valence-electron chi connectivity index (χ4n) is 2.05. The van der Waals surface area contributed by atoms with E-state index in [0.717, 1.165) is 26.1 Å². The van der Waals surface area contributed by atoms with Crippen molar-refractivity contribution in [3.63, 3.8) is 0 Å². The van der Waals surface area contributed by atoms with Crippen LogP contribution in [0.3, 0.4) is 0 Å². The predicted octanol–water partition coefficient (Wildman–Crippen LogP) is 1.25. The van der Waals surface area contributed by atoms with Crippen LogP contribution < -0.4 is 5.32 Å². The zero-order valence-electron chi connectivity index (χ0n) is 13.0. The Morgan fingerprint density at radius 1 is 1.32 bits per heavy atom. The molecule has 5 heteroatoms. The van der Waals surface area contributed by atoms with Gasteiger partial charge in [-0.1, -0.05) is 6.92 Å². The van der Waals surface area contributed by atoms with E-state index in [0.29, 0.717) is 19.3 Å². The molecule has 0 saturated carbocycles. The van der Waals surface area contributed by atoms with Gasteiger partial charge in [-0.05, 0) is 26.8 Å². The van der Waals surface area contributed by atoms with E-state index in [2.05, 4.69) is 23.2 Å². The summed E-state index contributed by atoms with van der Waals surface area (Å²) in [6.45, 7) is 10.00. The Morgan fingerprint density at radius 2 is 2.00 bits per heavy atom. The molecule has 0 aliphatic heterocycles. The van der Waals surface area contributed by atoms with Gasteiger partial charge in [0, 0.05) is 33.4 Å². The molecule has 0 amide bonds. The lowest BCUT2D eigenvalue weighted by molar-refractivity contribution is 0.0710. The lowest BCUT2D eigenvalue weighted by atomic mass is 9.99. The second-order valence-corrected chi connectivity index (χ2v) is 5.06. The highest BCUT2D eigenvalue weighted by Gasteiger charge is 2.24. The van der Waals surface area contributed by atoms with Gasteiger partial charge < -0.3 is 9.47 Å². The average Bonchev–Trinajstić information content (AvgIpc) is 2.39. The molecule has 0 fully saturated rings. The number of ether oxygens (including phenoxy) is 2. The summed E-state index contributed by atoms with van der Waals surface area (Å²) >= 11 is 0. The maximum atomic E-state index is 9.27. The number of hydrogen-bond donors (Lipinski definition) is 1. The van der Waals surface area contributed by atoms with Gasteiger partial charge in [-0.15, -0.1) is 0 Å². The van der Waals surface area contributed by atoms with Gasteiger partial charge in [-0.25, -0.2) is 0 Å². The van der Waals surface area contributed by atoms with Crippen molar-refractivity contribution in [2.24, 2.45) is 0 Å². The monoisotopic (exact) mass is 271 g/mol. The second-order valence-electron chi connectivity index (χ2n) is 5.06. The molecule has 0 aliphatic carbocycles. The van der Waals surface area contributed by atoms with Crippen molar-refractivity contribution < 1.29 is 9.47 Å². The van der Waals surface area contributed by atoms with Gasteiger partial charge in [0.15, 0.2) is 0 Å². The summed E-state index contributed by atoms with van der Waals surface area (Å²) in [5, 5.41) is 12.5. The predicted molar refractivity (Wildman–Crippen MR) is 77.1 cm³/mol. The number of nitriles is 1. The Bertz CT molecular complexity index is 268. The van der Waals surface area contributed by atoms with E-state index in [1.54, 1.807) is 14.2 Å². The number of nitrogens with zero attached hydrogens (tertiary/aromatic N) is 2. The zero-order valence-corrected chi connectivity index (χ0v) is 13.0. The van der Waals surface area contributed by atoms with E-state index < -0.39 is 5.54 Å². The molecule has 1 N–H and O–H groups in total. The molecular weight excluding hydrogens is 242 g/mol. The SMILES string of the molecule is CCNC(C)(C#N)CCN(CCOC)C(C)COC. The minimum absolute atomic E-state index is 0.324. The quantitative estimate of drug-likeness (QED) is 0.613. The van der Waals surface area contributed by atoms with Gasteiger partial charge in [0.1, 0.15) is 5.54 Å². The van der Waals surface area contributed by atoms with E-state index in [9.17, 15) is 5.26 Å². The van der Waals surface area contributed by atoms with Crippen LogP contribution in [0, 0.1) is 11.3 Å². The lowest BCUT2D eigenvalue weighted by Crippen LogP contribution is -2.46. The summed E-state index contributed by atoms with van der Waals surface area (Å²) in [5.74, 6) is 0. The fraction of sp³-hybridized carbons (Fsp3) is 0.929. The minimum atomic E-state index is -0.465. The molecule has 0 radical (unpaired) electrons. The summed E-state index contributed by atoms with van der Waals surface area (Å²) in [7, 11) is 3.42. The Kier molecular flexibility index (Phi) is 9.80. The van der Waals surface area contributed by atoms with Crippen LogP contribution in [-0.4, -0.2) is 63.5 Å². The molecule has 0 aromatic heterocycles. The van der Waals surface area contributed by atoms with Crippen molar-refractivity contribution in [3.05, 3.63) is 0 Å². The van der Waals surface area contributed by atoms with E-state index in [-0.39, 0.29) is 0 Å². The largest absolute Gasteiger partial charge is 0.383 e. The third-order valence-electron chi connectivity index (χ3n) is 3.33. The molecular formula is C14H29N3O2. The van der Waals surface area contributed by atoms with Crippen LogP contribution >= 0.6 is 0 Å². The molecule has 0 spiro atoms. The van der Waals surface area contributed by atoms with Crippen molar-refractivity contribution >= 4 is 0 Å². The first-order valence-corrected chi connectivity index (χ1v) is 6.91. The molecule has 112 valence electrons. The smallest absolute Gasteiger partial charge is 0.105 e. The van der Waals surface area contributed by atoms with Crippen LogP contribution in [0.5, 0.6) is 0 Å². The van der Waals surface area contributed by atoms with E-state index >= 15 is 0 Å². The number of rotatable bonds is 11. The molecule has 5 nitrogen and oxygen atoms in total. The van der Waals surface area contributed by atoms with Gasteiger partial charge in [0.25, 0.3) is 0 Å². The van der Waals surface area contributed by atoms with Gasteiger partial charge in [0.2, 0.25) is 0 Å². The minimum Gasteiger partial charge on any atom is -0.383 e. The Balaban J connectivity index is 4.42. The molecule has 0 aromatic rings. The summed E-state index contributed by atoms with van der Waals surface area (Å²) < 4.78 is 10.4. The highest BCUT2D eigenvalue weighted by Crippen LogP contribution is 2.11. The topological polar surface area (TPSA) is 57.5 Å². The fourth-order valence-corrected chi connectivity index (χ4v) is 2.05. The van der Waals surface area contributed by atoms with Gasteiger partial charge in [0.05, 0.1) is 19.3 Å². The standard InChI is InChI=1S/C14H29N3O2/c1-6-16-14(3,12-15)7-8-17(9-10-18-4)13(2)11-19-5/h13,16H,6-11H2,1-5H3. The molecule has 2 unspecified atom stereocenters. The van der Waals surface area contributed by atoms with Gasteiger partial charge in [-0.2, -0.15) is 5.26 Å². The Labute approximate surface area is 117 Å². The van der Waals surface area contributed by atoms with Crippen molar-refractivity contribution in [1.82, 2.24) is 10.2 Å². The molecule has 0 saturated heterocycles. The summed E-state index contributed by atoms with van der Waals surface area (Å²) in [5.41, 5.74) is -0.465. The zero-order chi connectivity index (χ0) is 14.7. The molecule has 0 aliphatic rings. The Morgan fingerprint density at radius 3 is 2.47 bits per heavy atom. The Hall–Kier alpha value is -0.670. The molecule has 2 atom stereocenters. The van der Waals surface area contributed by atoms with Crippen LogP contribution in [0.15, 0.2) is 0 Å². The van der Waals surface area contributed by atoms with Crippen LogP contribution in [0.4, 0.5) is 0 Å². The first-order valence-electron chi connectivity index (χ1n) is 6.91. The van der Waals surface area contributed by atoms with Gasteiger partial charge >= 0.3 is 0 Å². The molecule has 0 aromatic carbocycles. The highest BCUT2D eigenvalue weighted by atomic mass is 16.5. The summed E-state index contributed by atoms with van der Waals surface area (Å²) in [6, 6.07) is 2.69. The average molecular weight is 271 g/mol. The third kappa shape index (κ3) is 7.48. The lowest BCUT2D eigenvalue weighted by Gasteiger charge is -2.31. The summed E-state index contributed by atoms with van der Waals surface area (Å²) in [6.07, 6.45) is 0.787. The van der Waals surface area contributed by atoms with Crippen molar-refractivity contribution in [2.45, 2.75) is 38.8 Å². The van der Waals surface area contributed by atoms with Crippen LogP contribution in [0.1, 0.15) is 27.2 Å². The number of hydrogen-bond acceptors (Lipinski definition) is 5. The van der Waals surface area contributed by atoms with E-state index in [4.69, 9.17) is 9.47 Å². The summed E-state index contributed by atoms with van der Waals surface area (Å²) in [4.78, 5) is 2.31. The maximum Gasteiger partial charge on any atom is 0.105 e. The number of methoxy groups -OCH3 is 2. The number of nitrogens with one attached hydrogen (secondary N) is 1. The van der Waals surface area contributed by atoms with Crippen molar-refractivity contribution in [3.8, 4) is 6.07 Å². The van der Waals surface area contributed by atoms with Gasteiger partial charge in [-0.3, -0.25) is 10.2 Å². The van der Waals surface area contributed by atoms with Crippen LogP contribution in [0.25, 0.3) is 0 Å². The first-order chi connectivity index (χ1) is 9.02. The molecule has 0 rings (SSSR count). The first kappa shape index (κ1) is 18.3. The highest BCUT2D eigenvalue weighted by molar-refractivity contribution is 5.03.